The van der Waals surface area contributed by atoms with Gasteiger partial charge in [0.2, 0.25) is 5.91 Å². The first-order valence-electron chi connectivity index (χ1n) is 7.89. The van der Waals surface area contributed by atoms with Crippen LogP contribution in [-0.2, 0) is 16.0 Å². The van der Waals surface area contributed by atoms with Crippen LogP contribution in [0.5, 0.6) is 0 Å². The average Bonchev–Trinajstić information content (AvgIpc) is 2.91. The monoisotopic (exact) mass is 308 g/mol. The number of hydrogen-bond acceptors (Lipinski definition) is 4. The Balaban J connectivity index is 1.57. The lowest BCUT2D eigenvalue weighted by molar-refractivity contribution is -0.136. The summed E-state index contributed by atoms with van der Waals surface area (Å²) in [5.41, 5.74) is 1.13. The van der Waals surface area contributed by atoms with Gasteiger partial charge >= 0.3 is 0 Å². The molecule has 1 amide bonds. The van der Waals surface area contributed by atoms with E-state index in [1.165, 1.54) is 0 Å². The van der Waals surface area contributed by atoms with Gasteiger partial charge in [-0.15, -0.1) is 0 Å². The zero-order chi connectivity index (χ0) is 14.7. The third-order valence-corrected chi connectivity index (χ3v) is 5.40. The highest BCUT2D eigenvalue weighted by Crippen LogP contribution is 2.24. The second-order valence-electron chi connectivity index (χ2n) is 6.00. The van der Waals surface area contributed by atoms with E-state index >= 15 is 0 Å². The first kappa shape index (κ1) is 15.0. The Morgan fingerprint density at radius 2 is 2.33 bits per heavy atom. The van der Waals surface area contributed by atoms with Crippen molar-refractivity contribution in [1.82, 2.24) is 9.80 Å². The lowest BCUT2D eigenvalue weighted by Gasteiger charge is -2.38. The fourth-order valence-electron chi connectivity index (χ4n) is 3.31. The number of piperidine rings is 1. The molecule has 3 rings (SSSR count). The molecule has 0 radical (unpaired) electrons. The van der Waals surface area contributed by atoms with Crippen LogP contribution in [0.4, 0.5) is 0 Å². The summed E-state index contributed by atoms with van der Waals surface area (Å²) in [6, 6.07) is 2.04. The van der Waals surface area contributed by atoms with Crippen LogP contribution in [0, 0.1) is 5.92 Å². The van der Waals surface area contributed by atoms with E-state index in [0.29, 0.717) is 12.3 Å². The fraction of sp³-hybridized carbons (Fsp3) is 0.688. The van der Waals surface area contributed by atoms with Crippen molar-refractivity contribution < 1.29 is 9.53 Å². The SMILES string of the molecule is CCN1CCO[C@@H]2CN(C(=O)Cc3ccsc3)CC[C@@H]2C1. The summed E-state index contributed by atoms with van der Waals surface area (Å²) in [4.78, 5) is 16.9. The molecule has 5 heteroatoms. The maximum Gasteiger partial charge on any atom is 0.227 e. The maximum absolute atomic E-state index is 12.4. The van der Waals surface area contributed by atoms with E-state index in [1.807, 2.05) is 16.3 Å². The Morgan fingerprint density at radius 1 is 1.43 bits per heavy atom. The van der Waals surface area contributed by atoms with E-state index in [0.717, 1.165) is 51.3 Å². The number of rotatable bonds is 3. The topological polar surface area (TPSA) is 32.8 Å². The van der Waals surface area contributed by atoms with Gasteiger partial charge in [0.05, 0.1) is 19.1 Å². The molecule has 4 nitrogen and oxygen atoms in total. The molecule has 21 heavy (non-hydrogen) atoms. The van der Waals surface area contributed by atoms with Crippen LogP contribution in [0.1, 0.15) is 18.9 Å². The average molecular weight is 308 g/mol. The normalized spacial score (nSPS) is 27.2. The molecule has 2 aliphatic rings. The standard InChI is InChI=1S/C16H24N2O2S/c1-2-17-6-7-20-15-11-18(5-3-14(15)10-17)16(19)9-13-4-8-21-12-13/h4,8,12,14-15H,2-3,5-7,9-11H2,1H3/t14-,15-/m1/s1. The molecule has 2 atom stereocenters. The number of likely N-dealkylation sites (N-methyl/N-ethyl adjacent to an activating group) is 1. The van der Waals surface area contributed by atoms with Gasteiger partial charge in [-0.1, -0.05) is 6.92 Å². The predicted octanol–water partition coefficient (Wildman–Crippen LogP) is 1.86. The van der Waals surface area contributed by atoms with Crippen LogP contribution in [0.2, 0.25) is 0 Å². The Morgan fingerprint density at radius 3 is 3.10 bits per heavy atom. The Kier molecular flexibility index (Phi) is 4.93. The van der Waals surface area contributed by atoms with E-state index in [-0.39, 0.29) is 12.0 Å². The van der Waals surface area contributed by atoms with Gasteiger partial charge in [-0.3, -0.25) is 4.79 Å². The molecule has 0 spiro atoms. The maximum atomic E-state index is 12.4. The van der Waals surface area contributed by atoms with Crippen LogP contribution in [-0.4, -0.2) is 61.1 Å². The number of hydrogen-bond donors (Lipinski definition) is 0. The number of nitrogens with zero attached hydrogens (tertiary/aromatic N) is 2. The van der Waals surface area contributed by atoms with Crippen molar-refractivity contribution in [2.24, 2.45) is 5.92 Å². The second-order valence-corrected chi connectivity index (χ2v) is 6.78. The predicted molar refractivity (Wildman–Crippen MR) is 84.6 cm³/mol. The molecule has 2 fully saturated rings. The van der Waals surface area contributed by atoms with Crippen LogP contribution < -0.4 is 0 Å². The van der Waals surface area contributed by atoms with E-state index in [2.05, 4.69) is 17.2 Å². The van der Waals surface area contributed by atoms with Crippen LogP contribution in [0.3, 0.4) is 0 Å². The van der Waals surface area contributed by atoms with E-state index < -0.39 is 0 Å². The lowest BCUT2D eigenvalue weighted by Crippen LogP contribution is -2.49. The molecule has 0 bridgehead atoms. The number of likely N-dealkylation sites (tertiary alicyclic amines) is 1. The first-order chi connectivity index (χ1) is 10.3. The number of thiophene rings is 1. The van der Waals surface area contributed by atoms with Crippen LogP contribution >= 0.6 is 11.3 Å². The number of ether oxygens (including phenoxy) is 1. The number of carbonyl (C=O) groups excluding carboxylic acids is 1. The molecular weight excluding hydrogens is 284 g/mol. The van der Waals surface area contributed by atoms with Crippen molar-refractivity contribution in [2.75, 3.05) is 39.3 Å². The highest BCUT2D eigenvalue weighted by atomic mass is 32.1. The Hall–Kier alpha value is -0.910. The zero-order valence-corrected chi connectivity index (χ0v) is 13.5. The van der Waals surface area contributed by atoms with Crippen LogP contribution in [0.15, 0.2) is 16.8 Å². The molecular formula is C16H24N2O2S. The van der Waals surface area contributed by atoms with Crippen molar-refractivity contribution >= 4 is 17.2 Å². The van der Waals surface area contributed by atoms with Gasteiger partial charge in [0.25, 0.3) is 0 Å². The van der Waals surface area contributed by atoms with Crippen molar-refractivity contribution in [3.63, 3.8) is 0 Å². The number of amides is 1. The molecule has 0 saturated carbocycles. The minimum atomic E-state index is 0.224. The van der Waals surface area contributed by atoms with Gasteiger partial charge in [0.15, 0.2) is 0 Å². The third kappa shape index (κ3) is 3.65. The number of fused-ring (bicyclic) bond motifs is 1. The summed E-state index contributed by atoms with van der Waals surface area (Å²) in [6.07, 6.45) is 1.82. The molecule has 116 valence electrons. The van der Waals surface area contributed by atoms with Gasteiger partial charge < -0.3 is 14.5 Å². The highest BCUT2D eigenvalue weighted by molar-refractivity contribution is 7.07. The van der Waals surface area contributed by atoms with Gasteiger partial charge in [-0.2, -0.15) is 11.3 Å². The van der Waals surface area contributed by atoms with Crippen LogP contribution in [0.25, 0.3) is 0 Å². The molecule has 0 unspecified atom stereocenters. The highest BCUT2D eigenvalue weighted by Gasteiger charge is 2.34. The largest absolute Gasteiger partial charge is 0.375 e. The molecule has 0 N–H and O–H groups in total. The van der Waals surface area contributed by atoms with Gasteiger partial charge in [-0.25, -0.2) is 0 Å². The molecule has 2 aliphatic heterocycles. The zero-order valence-electron chi connectivity index (χ0n) is 12.7. The molecule has 0 aromatic carbocycles. The summed E-state index contributed by atoms with van der Waals surface area (Å²) in [5, 5.41) is 4.09. The summed E-state index contributed by atoms with van der Waals surface area (Å²) >= 11 is 1.65. The summed E-state index contributed by atoms with van der Waals surface area (Å²) in [6.45, 7) is 7.88. The quantitative estimate of drug-likeness (QED) is 0.854. The van der Waals surface area contributed by atoms with E-state index in [9.17, 15) is 4.79 Å². The minimum Gasteiger partial charge on any atom is -0.375 e. The van der Waals surface area contributed by atoms with Gasteiger partial charge in [-0.05, 0) is 35.4 Å². The molecule has 1 aromatic rings. The lowest BCUT2D eigenvalue weighted by atomic mass is 9.93. The Labute approximate surface area is 130 Å². The molecule has 2 saturated heterocycles. The summed E-state index contributed by atoms with van der Waals surface area (Å²) < 4.78 is 6.02. The summed E-state index contributed by atoms with van der Waals surface area (Å²) in [5.74, 6) is 0.824. The smallest absolute Gasteiger partial charge is 0.227 e. The minimum absolute atomic E-state index is 0.224. The van der Waals surface area contributed by atoms with E-state index in [4.69, 9.17) is 4.74 Å². The third-order valence-electron chi connectivity index (χ3n) is 4.66. The molecule has 0 aliphatic carbocycles. The Bertz CT molecular complexity index is 463. The van der Waals surface area contributed by atoms with Gasteiger partial charge in [0, 0.05) is 32.1 Å². The second kappa shape index (κ2) is 6.90. The van der Waals surface area contributed by atoms with Crippen molar-refractivity contribution in [3.05, 3.63) is 22.4 Å². The molecule has 3 heterocycles. The number of carbonyl (C=O) groups is 1. The van der Waals surface area contributed by atoms with Crippen molar-refractivity contribution in [1.29, 1.82) is 0 Å². The summed E-state index contributed by atoms with van der Waals surface area (Å²) in [7, 11) is 0. The van der Waals surface area contributed by atoms with Crippen molar-refractivity contribution in [3.8, 4) is 0 Å². The van der Waals surface area contributed by atoms with Crippen molar-refractivity contribution in [2.45, 2.75) is 25.9 Å². The first-order valence-corrected chi connectivity index (χ1v) is 8.83. The molecule has 1 aromatic heterocycles. The fourth-order valence-corrected chi connectivity index (χ4v) is 3.98. The van der Waals surface area contributed by atoms with Gasteiger partial charge in [0.1, 0.15) is 0 Å². The van der Waals surface area contributed by atoms with E-state index in [1.54, 1.807) is 11.3 Å².